The van der Waals surface area contributed by atoms with E-state index in [9.17, 15) is 4.79 Å². The Morgan fingerprint density at radius 1 is 1.03 bits per heavy atom. The van der Waals surface area contributed by atoms with Crippen molar-refractivity contribution >= 4 is 22.9 Å². The van der Waals surface area contributed by atoms with Crippen LogP contribution in [0.5, 0.6) is 5.75 Å². The maximum atomic E-state index is 13.6. The van der Waals surface area contributed by atoms with Gasteiger partial charge in [0.15, 0.2) is 0 Å². The molecule has 2 heterocycles. The Kier molecular flexibility index (Phi) is 6.80. The summed E-state index contributed by atoms with van der Waals surface area (Å²) in [6, 6.07) is 17.9. The highest BCUT2D eigenvalue weighted by Crippen LogP contribution is 2.35. The van der Waals surface area contributed by atoms with Crippen molar-refractivity contribution in [2.75, 3.05) is 12.4 Å². The fourth-order valence-corrected chi connectivity index (χ4v) is 4.56. The van der Waals surface area contributed by atoms with E-state index in [4.69, 9.17) is 4.74 Å². The van der Waals surface area contributed by atoms with E-state index in [1.807, 2.05) is 80.0 Å². The molecule has 34 heavy (non-hydrogen) atoms. The fourth-order valence-electron chi connectivity index (χ4n) is 3.94. The predicted molar refractivity (Wildman–Crippen MR) is 139 cm³/mol. The lowest BCUT2D eigenvalue weighted by Gasteiger charge is -2.33. The summed E-state index contributed by atoms with van der Waals surface area (Å²) in [5, 5.41) is 6.20. The lowest BCUT2D eigenvalue weighted by Crippen LogP contribution is -2.42. The zero-order valence-electron chi connectivity index (χ0n) is 20.1. The van der Waals surface area contributed by atoms with E-state index < -0.39 is 5.41 Å². The van der Waals surface area contributed by atoms with E-state index >= 15 is 0 Å². The third-order valence-corrected chi connectivity index (χ3v) is 7.20. The highest BCUT2D eigenvalue weighted by atomic mass is 32.1. The molecule has 0 fully saturated rings. The molecule has 0 radical (unpaired) electrons. The number of anilines is 1. The largest absolute Gasteiger partial charge is 0.495 e. The van der Waals surface area contributed by atoms with Crippen molar-refractivity contribution in [3.63, 3.8) is 0 Å². The predicted octanol–water partition coefficient (Wildman–Crippen LogP) is 6.74. The number of carbonyl (C=O) groups is 1. The van der Waals surface area contributed by atoms with Crippen LogP contribution in [0.15, 0.2) is 72.4 Å². The van der Waals surface area contributed by atoms with Gasteiger partial charge in [-0.15, -0.1) is 11.3 Å². The molecule has 5 nitrogen and oxygen atoms in total. The number of rotatable bonds is 7. The van der Waals surface area contributed by atoms with Crippen molar-refractivity contribution in [2.24, 2.45) is 5.92 Å². The summed E-state index contributed by atoms with van der Waals surface area (Å²) in [7, 11) is 1.63. The third kappa shape index (κ3) is 4.73. The maximum absolute atomic E-state index is 13.6. The minimum absolute atomic E-state index is 0.0371. The Balaban J connectivity index is 1.60. The van der Waals surface area contributed by atoms with Gasteiger partial charge in [-0.2, -0.15) is 0 Å². The van der Waals surface area contributed by atoms with Crippen LogP contribution in [0.1, 0.15) is 31.3 Å². The molecule has 1 N–H and O–H groups in total. The van der Waals surface area contributed by atoms with Crippen LogP contribution in [-0.4, -0.2) is 23.0 Å². The summed E-state index contributed by atoms with van der Waals surface area (Å²) < 4.78 is 5.29. The van der Waals surface area contributed by atoms with Crippen molar-refractivity contribution < 1.29 is 9.53 Å². The van der Waals surface area contributed by atoms with Crippen molar-refractivity contribution in [3.8, 4) is 28.1 Å². The number of amides is 1. The summed E-state index contributed by atoms with van der Waals surface area (Å²) in [4.78, 5) is 22.4. The SMILES string of the molecule is COc1cncc(-c2ccc(C(C)(C(=O)Nc3cccc(-c4csc(C)n4)c3)C(C)C)cc2)c1. The van der Waals surface area contributed by atoms with Gasteiger partial charge in [0, 0.05) is 28.4 Å². The van der Waals surface area contributed by atoms with Crippen molar-refractivity contribution in [1.82, 2.24) is 9.97 Å². The maximum Gasteiger partial charge on any atom is 0.235 e. The summed E-state index contributed by atoms with van der Waals surface area (Å²) >= 11 is 1.62. The number of ether oxygens (including phenoxy) is 1. The van der Waals surface area contributed by atoms with Crippen LogP contribution in [0.25, 0.3) is 22.4 Å². The van der Waals surface area contributed by atoms with Gasteiger partial charge in [0.1, 0.15) is 5.75 Å². The summed E-state index contributed by atoms with van der Waals surface area (Å²) in [5.74, 6) is 0.758. The molecule has 1 unspecified atom stereocenters. The van der Waals surface area contributed by atoms with Gasteiger partial charge in [0.25, 0.3) is 0 Å². The summed E-state index contributed by atoms with van der Waals surface area (Å²) in [5.41, 5.74) is 4.92. The molecular weight excluding hydrogens is 442 g/mol. The Bertz CT molecular complexity index is 1300. The molecular formula is C28H29N3O2S. The molecule has 4 rings (SSSR count). The molecule has 1 atom stereocenters. The number of hydrogen-bond donors (Lipinski definition) is 1. The van der Waals surface area contributed by atoms with Gasteiger partial charge in [-0.3, -0.25) is 9.78 Å². The van der Waals surface area contributed by atoms with Crippen LogP contribution in [0, 0.1) is 12.8 Å². The van der Waals surface area contributed by atoms with Gasteiger partial charge in [-0.1, -0.05) is 50.2 Å². The zero-order chi connectivity index (χ0) is 24.3. The van der Waals surface area contributed by atoms with Crippen LogP contribution in [0.2, 0.25) is 0 Å². The second-order valence-corrected chi connectivity index (χ2v) is 9.90. The molecule has 1 amide bonds. The molecule has 0 saturated heterocycles. The normalized spacial score (nSPS) is 12.9. The second-order valence-electron chi connectivity index (χ2n) is 8.83. The third-order valence-electron chi connectivity index (χ3n) is 6.43. The van der Waals surface area contributed by atoms with Gasteiger partial charge in [0.2, 0.25) is 5.91 Å². The first-order valence-corrected chi connectivity index (χ1v) is 12.1. The number of carbonyl (C=O) groups excluding carboxylic acids is 1. The van der Waals surface area contributed by atoms with E-state index in [2.05, 4.69) is 29.1 Å². The Labute approximate surface area is 204 Å². The molecule has 2 aromatic heterocycles. The average molecular weight is 472 g/mol. The fraction of sp³-hybridized carbons (Fsp3) is 0.250. The number of aromatic nitrogens is 2. The second kappa shape index (κ2) is 9.77. The zero-order valence-corrected chi connectivity index (χ0v) is 20.9. The van der Waals surface area contributed by atoms with Crippen LogP contribution in [0.3, 0.4) is 0 Å². The number of methoxy groups -OCH3 is 1. The molecule has 2 aromatic carbocycles. The topological polar surface area (TPSA) is 64.1 Å². The van der Waals surface area contributed by atoms with Crippen LogP contribution >= 0.6 is 11.3 Å². The Morgan fingerprint density at radius 2 is 1.79 bits per heavy atom. The molecule has 0 saturated carbocycles. The number of thiazole rings is 1. The van der Waals surface area contributed by atoms with Gasteiger partial charge < -0.3 is 10.1 Å². The van der Waals surface area contributed by atoms with Gasteiger partial charge in [0.05, 0.1) is 29.4 Å². The van der Waals surface area contributed by atoms with Crippen LogP contribution < -0.4 is 10.1 Å². The summed E-state index contributed by atoms with van der Waals surface area (Å²) in [6.45, 7) is 8.15. The van der Waals surface area contributed by atoms with Gasteiger partial charge >= 0.3 is 0 Å². The summed E-state index contributed by atoms with van der Waals surface area (Å²) in [6.07, 6.45) is 3.49. The monoisotopic (exact) mass is 471 g/mol. The highest BCUT2D eigenvalue weighted by molar-refractivity contribution is 7.09. The van der Waals surface area contributed by atoms with E-state index in [1.165, 1.54) is 0 Å². The standard InChI is InChI=1S/C28H29N3O2S/c1-18(2)28(4,23-11-9-20(10-12-23)22-14-25(33-5)16-29-15-22)27(32)31-24-8-6-7-21(13-24)26-17-34-19(3)30-26/h6-18H,1-5H3,(H,31,32). The minimum Gasteiger partial charge on any atom is -0.495 e. The number of nitrogens with zero attached hydrogens (tertiary/aromatic N) is 2. The molecule has 0 spiro atoms. The van der Waals surface area contributed by atoms with Crippen molar-refractivity contribution in [3.05, 3.63) is 82.9 Å². The lowest BCUT2D eigenvalue weighted by atomic mass is 9.72. The molecule has 0 bridgehead atoms. The van der Waals surface area contributed by atoms with Gasteiger partial charge in [-0.05, 0) is 49.1 Å². The van der Waals surface area contributed by atoms with E-state index in [1.54, 1.807) is 24.6 Å². The first-order chi connectivity index (χ1) is 16.3. The molecule has 0 aliphatic heterocycles. The Hall–Kier alpha value is -3.51. The van der Waals surface area contributed by atoms with Crippen LogP contribution in [0.4, 0.5) is 5.69 Å². The molecule has 0 aliphatic rings. The lowest BCUT2D eigenvalue weighted by molar-refractivity contribution is -0.122. The first-order valence-electron chi connectivity index (χ1n) is 11.2. The number of pyridine rings is 1. The van der Waals surface area contributed by atoms with E-state index in [0.717, 1.165) is 38.6 Å². The molecule has 174 valence electrons. The van der Waals surface area contributed by atoms with Crippen molar-refractivity contribution in [1.29, 1.82) is 0 Å². The average Bonchev–Trinajstić information content (AvgIpc) is 3.30. The molecule has 0 aliphatic carbocycles. The molecule has 4 aromatic rings. The quantitative estimate of drug-likeness (QED) is 0.324. The molecule has 6 heteroatoms. The Morgan fingerprint density at radius 3 is 2.44 bits per heavy atom. The highest BCUT2D eigenvalue weighted by Gasteiger charge is 2.38. The van der Waals surface area contributed by atoms with Crippen LogP contribution in [-0.2, 0) is 10.2 Å². The number of nitrogens with one attached hydrogen (secondary N) is 1. The first kappa shape index (κ1) is 23.6. The number of hydrogen-bond acceptors (Lipinski definition) is 5. The van der Waals surface area contributed by atoms with Gasteiger partial charge in [-0.25, -0.2) is 4.98 Å². The smallest absolute Gasteiger partial charge is 0.235 e. The number of aryl methyl sites for hydroxylation is 1. The van der Waals surface area contributed by atoms with Crippen molar-refractivity contribution in [2.45, 2.75) is 33.1 Å². The van der Waals surface area contributed by atoms with E-state index in [0.29, 0.717) is 5.75 Å². The number of benzene rings is 2. The minimum atomic E-state index is -0.710. The van der Waals surface area contributed by atoms with E-state index in [-0.39, 0.29) is 11.8 Å².